The molecule has 2 rings (SSSR count). The Labute approximate surface area is 125 Å². The maximum absolute atomic E-state index is 14.1. The molecule has 0 radical (unpaired) electrons. The van der Waals surface area contributed by atoms with Gasteiger partial charge in [-0.05, 0) is 25.1 Å². The van der Waals surface area contributed by atoms with Crippen LogP contribution in [-0.4, -0.2) is 16.3 Å². The predicted molar refractivity (Wildman–Crippen MR) is 77.4 cm³/mol. The molecule has 6 heteroatoms. The number of rotatable bonds is 5. The van der Waals surface area contributed by atoms with Gasteiger partial charge in [0.05, 0.1) is 12.2 Å². The summed E-state index contributed by atoms with van der Waals surface area (Å²) >= 11 is 3.09. The Morgan fingerprint density at radius 2 is 2.00 bits per heavy atom. The summed E-state index contributed by atoms with van der Waals surface area (Å²) in [5.41, 5.74) is 0.760. The van der Waals surface area contributed by atoms with Gasteiger partial charge in [-0.1, -0.05) is 22.9 Å². The van der Waals surface area contributed by atoms with Crippen molar-refractivity contribution < 1.29 is 8.78 Å². The highest BCUT2D eigenvalue weighted by molar-refractivity contribution is 9.10. The molecule has 0 fully saturated rings. The van der Waals surface area contributed by atoms with Crippen LogP contribution in [0.1, 0.15) is 30.5 Å². The molecule has 1 aromatic heterocycles. The lowest BCUT2D eigenvalue weighted by Gasteiger charge is -2.19. The lowest BCUT2D eigenvalue weighted by molar-refractivity contribution is 0.502. The molecule has 0 aliphatic carbocycles. The molecule has 0 spiro atoms. The molecule has 1 aromatic carbocycles. The van der Waals surface area contributed by atoms with Gasteiger partial charge in [-0.15, -0.1) is 0 Å². The zero-order valence-electron chi connectivity index (χ0n) is 11.3. The third-order valence-corrected chi connectivity index (χ3v) is 3.45. The quantitative estimate of drug-likeness (QED) is 0.899. The topological polar surface area (TPSA) is 29.9 Å². The van der Waals surface area contributed by atoms with Gasteiger partial charge in [0.15, 0.2) is 0 Å². The Morgan fingerprint density at radius 3 is 2.50 bits per heavy atom. The summed E-state index contributed by atoms with van der Waals surface area (Å²) in [5, 5.41) is 7.24. The largest absolute Gasteiger partial charge is 0.306 e. The molecule has 0 amide bonds. The number of aromatic nitrogens is 2. The first-order valence-corrected chi connectivity index (χ1v) is 7.18. The number of hydrogen-bond acceptors (Lipinski definition) is 2. The van der Waals surface area contributed by atoms with E-state index in [-0.39, 0.29) is 5.56 Å². The second-order valence-corrected chi connectivity index (χ2v) is 5.53. The fraction of sp³-hybridized carbons (Fsp3) is 0.357. The van der Waals surface area contributed by atoms with Crippen LogP contribution in [0.3, 0.4) is 0 Å². The van der Waals surface area contributed by atoms with Gasteiger partial charge in [0.25, 0.3) is 0 Å². The van der Waals surface area contributed by atoms with E-state index in [2.05, 4.69) is 26.3 Å². The normalized spacial score (nSPS) is 12.7. The van der Waals surface area contributed by atoms with Crippen LogP contribution in [0.4, 0.5) is 8.78 Å². The Morgan fingerprint density at radius 1 is 1.35 bits per heavy atom. The second-order valence-electron chi connectivity index (χ2n) is 4.62. The fourth-order valence-electron chi connectivity index (χ4n) is 2.09. The predicted octanol–water partition coefficient (Wildman–Crippen LogP) is 3.55. The smallest absolute Gasteiger partial charge is 0.132 e. The average molecular weight is 344 g/mol. The van der Waals surface area contributed by atoms with Gasteiger partial charge < -0.3 is 5.32 Å². The first-order valence-electron chi connectivity index (χ1n) is 6.39. The summed E-state index contributed by atoms with van der Waals surface area (Å²) < 4.78 is 30.3. The van der Waals surface area contributed by atoms with E-state index < -0.39 is 17.7 Å². The Balaban J connectivity index is 2.46. The van der Waals surface area contributed by atoms with Gasteiger partial charge in [-0.25, -0.2) is 8.78 Å². The van der Waals surface area contributed by atoms with Crippen molar-refractivity contribution in [2.45, 2.75) is 19.4 Å². The van der Waals surface area contributed by atoms with Gasteiger partial charge in [-0.3, -0.25) is 4.68 Å². The number of hydrogen-bond donors (Lipinski definition) is 1. The first-order chi connectivity index (χ1) is 9.52. The van der Waals surface area contributed by atoms with E-state index in [0.717, 1.165) is 12.0 Å². The molecule has 20 heavy (non-hydrogen) atoms. The van der Waals surface area contributed by atoms with Gasteiger partial charge in [-0.2, -0.15) is 5.10 Å². The molecule has 1 heterocycles. The molecule has 0 aliphatic rings. The zero-order valence-corrected chi connectivity index (χ0v) is 12.9. The monoisotopic (exact) mass is 343 g/mol. The molecule has 1 N–H and O–H groups in total. The van der Waals surface area contributed by atoms with Crippen LogP contribution in [0.2, 0.25) is 0 Å². The molecule has 1 unspecified atom stereocenters. The third-order valence-electron chi connectivity index (χ3n) is 2.99. The van der Waals surface area contributed by atoms with Crippen molar-refractivity contribution in [3.05, 3.63) is 51.8 Å². The first kappa shape index (κ1) is 15.1. The minimum Gasteiger partial charge on any atom is -0.306 e. The molecule has 3 nitrogen and oxygen atoms in total. The standard InChI is InChI=1S/C14H16BrF2N3/c1-3-4-18-14(9-7-19-20(2)8-9)13-11(16)5-10(15)6-12(13)17/h5-8,14,18H,3-4H2,1-2H3. The summed E-state index contributed by atoms with van der Waals surface area (Å²) in [6, 6.07) is 2.00. The van der Waals surface area contributed by atoms with Crippen LogP contribution in [0.5, 0.6) is 0 Å². The molecule has 0 saturated heterocycles. The van der Waals surface area contributed by atoms with Crippen LogP contribution in [-0.2, 0) is 7.05 Å². The van der Waals surface area contributed by atoms with Crippen LogP contribution in [0.15, 0.2) is 29.0 Å². The minimum atomic E-state index is -0.575. The summed E-state index contributed by atoms with van der Waals surface area (Å²) in [6.07, 6.45) is 4.25. The maximum Gasteiger partial charge on any atom is 0.132 e. The average Bonchev–Trinajstić information content (AvgIpc) is 2.78. The number of nitrogens with one attached hydrogen (secondary N) is 1. The van der Waals surface area contributed by atoms with E-state index >= 15 is 0 Å². The van der Waals surface area contributed by atoms with E-state index in [1.807, 2.05) is 6.92 Å². The third kappa shape index (κ3) is 3.24. The highest BCUT2D eigenvalue weighted by Gasteiger charge is 2.23. The van der Waals surface area contributed by atoms with Crippen molar-refractivity contribution in [3.63, 3.8) is 0 Å². The summed E-state index contributed by atoms with van der Waals surface area (Å²) in [5.74, 6) is -1.15. The van der Waals surface area contributed by atoms with Crippen molar-refractivity contribution >= 4 is 15.9 Å². The zero-order chi connectivity index (χ0) is 14.7. The van der Waals surface area contributed by atoms with E-state index in [1.165, 1.54) is 12.1 Å². The SMILES string of the molecule is CCCNC(c1cnn(C)c1)c1c(F)cc(Br)cc1F. The van der Waals surface area contributed by atoms with Crippen LogP contribution in [0, 0.1) is 11.6 Å². The Kier molecular flexibility index (Phi) is 4.88. The molecule has 2 aromatic rings. The van der Waals surface area contributed by atoms with Gasteiger partial charge in [0.1, 0.15) is 11.6 Å². The number of benzene rings is 1. The Hall–Kier alpha value is -1.27. The molecular formula is C14H16BrF2N3. The lowest BCUT2D eigenvalue weighted by atomic mass is 10.00. The van der Waals surface area contributed by atoms with Gasteiger partial charge in [0, 0.05) is 28.8 Å². The highest BCUT2D eigenvalue weighted by Crippen LogP contribution is 2.29. The van der Waals surface area contributed by atoms with Crippen molar-refractivity contribution in [2.75, 3.05) is 6.54 Å². The molecule has 0 aliphatic heterocycles. The second kappa shape index (κ2) is 6.45. The summed E-state index contributed by atoms with van der Waals surface area (Å²) in [7, 11) is 1.77. The Bertz CT molecular complexity index is 575. The van der Waals surface area contributed by atoms with Crippen molar-refractivity contribution in [1.82, 2.24) is 15.1 Å². The molecule has 0 saturated carbocycles. The van der Waals surface area contributed by atoms with Crippen molar-refractivity contribution in [1.29, 1.82) is 0 Å². The molecular weight excluding hydrogens is 328 g/mol. The fourth-order valence-corrected chi connectivity index (χ4v) is 2.50. The minimum absolute atomic E-state index is 0.0228. The van der Waals surface area contributed by atoms with Crippen LogP contribution < -0.4 is 5.32 Å². The maximum atomic E-state index is 14.1. The van der Waals surface area contributed by atoms with Crippen LogP contribution >= 0.6 is 15.9 Å². The summed E-state index contributed by atoms with van der Waals surface area (Å²) in [6.45, 7) is 2.66. The van der Waals surface area contributed by atoms with Gasteiger partial charge in [0.2, 0.25) is 0 Å². The van der Waals surface area contributed by atoms with Crippen LogP contribution in [0.25, 0.3) is 0 Å². The van der Waals surface area contributed by atoms with E-state index in [1.54, 1.807) is 24.1 Å². The molecule has 0 bridgehead atoms. The summed E-state index contributed by atoms with van der Waals surface area (Å²) in [4.78, 5) is 0. The lowest BCUT2D eigenvalue weighted by Crippen LogP contribution is -2.25. The highest BCUT2D eigenvalue weighted by atomic mass is 79.9. The molecule has 108 valence electrons. The van der Waals surface area contributed by atoms with E-state index in [0.29, 0.717) is 11.0 Å². The van der Waals surface area contributed by atoms with Gasteiger partial charge >= 0.3 is 0 Å². The van der Waals surface area contributed by atoms with Crippen molar-refractivity contribution in [2.24, 2.45) is 7.05 Å². The van der Waals surface area contributed by atoms with E-state index in [4.69, 9.17) is 0 Å². The van der Waals surface area contributed by atoms with E-state index in [9.17, 15) is 8.78 Å². The molecule has 1 atom stereocenters. The number of halogens is 3. The number of nitrogens with zero attached hydrogens (tertiary/aromatic N) is 2. The van der Waals surface area contributed by atoms with Crippen molar-refractivity contribution in [3.8, 4) is 0 Å². The number of aryl methyl sites for hydroxylation is 1.